The molecule has 5 nitrogen and oxygen atoms in total. The molecule has 0 bridgehead atoms. The summed E-state index contributed by atoms with van der Waals surface area (Å²) < 4.78 is 4.20. The first-order chi connectivity index (χ1) is 12.7. The van der Waals surface area contributed by atoms with E-state index in [2.05, 4.69) is 38.5 Å². The number of aromatic nitrogens is 3. The lowest BCUT2D eigenvalue weighted by molar-refractivity contribution is 0.0943. The standard InChI is InChI=1S/C21H22N4O/c1-3-24-18-10-6-4-8-16(18)14-20(24)21(26)22-12-13-25-15(2)23-17-9-5-7-11-19(17)25/h4-11,14H,3,12-13H2,1-2H3,(H,22,26). The molecule has 2 aromatic carbocycles. The first-order valence-electron chi connectivity index (χ1n) is 8.97. The number of amides is 1. The van der Waals surface area contributed by atoms with Gasteiger partial charge in [0.2, 0.25) is 0 Å². The van der Waals surface area contributed by atoms with Gasteiger partial charge in [-0.25, -0.2) is 4.98 Å². The molecule has 0 radical (unpaired) electrons. The van der Waals surface area contributed by atoms with E-state index in [0.717, 1.165) is 34.3 Å². The monoisotopic (exact) mass is 346 g/mol. The summed E-state index contributed by atoms with van der Waals surface area (Å²) in [5.74, 6) is 0.924. The zero-order valence-corrected chi connectivity index (χ0v) is 15.1. The quantitative estimate of drug-likeness (QED) is 0.598. The molecule has 0 unspecified atom stereocenters. The number of nitrogens with zero attached hydrogens (tertiary/aromatic N) is 3. The Morgan fingerprint density at radius 1 is 1.04 bits per heavy atom. The van der Waals surface area contributed by atoms with E-state index in [1.54, 1.807) is 0 Å². The van der Waals surface area contributed by atoms with Crippen LogP contribution in [0.5, 0.6) is 0 Å². The molecule has 0 saturated heterocycles. The summed E-state index contributed by atoms with van der Waals surface area (Å²) in [7, 11) is 0. The van der Waals surface area contributed by atoms with E-state index in [4.69, 9.17) is 0 Å². The maximum absolute atomic E-state index is 12.7. The second-order valence-electron chi connectivity index (χ2n) is 6.39. The molecule has 0 aliphatic heterocycles. The van der Waals surface area contributed by atoms with E-state index in [0.29, 0.717) is 18.8 Å². The van der Waals surface area contributed by atoms with Gasteiger partial charge in [-0.05, 0) is 38.1 Å². The maximum atomic E-state index is 12.7. The van der Waals surface area contributed by atoms with Crippen LogP contribution in [0.4, 0.5) is 0 Å². The van der Waals surface area contributed by atoms with Crippen molar-refractivity contribution in [3.05, 3.63) is 66.1 Å². The summed E-state index contributed by atoms with van der Waals surface area (Å²) in [5, 5.41) is 4.15. The first kappa shape index (κ1) is 16.4. The Morgan fingerprint density at radius 3 is 2.58 bits per heavy atom. The molecule has 2 heterocycles. The molecular weight excluding hydrogens is 324 g/mol. The number of carbonyl (C=O) groups is 1. The normalized spacial score (nSPS) is 11.3. The second kappa shape index (κ2) is 6.67. The van der Waals surface area contributed by atoms with Crippen molar-refractivity contribution in [2.24, 2.45) is 0 Å². The highest BCUT2D eigenvalue weighted by molar-refractivity contribution is 5.98. The van der Waals surface area contributed by atoms with Gasteiger partial charge in [-0.15, -0.1) is 0 Å². The SMILES string of the molecule is CCn1c(C(=O)NCCn2c(C)nc3ccccc32)cc2ccccc21. The van der Waals surface area contributed by atoms with Gasteiger partial charge in [-0.1, -0.05) is 30.3 Å². The van der Waals surface area contributed by atoms with Crippen LogP contribution in [0.25, 0.3) is 21.9 Å². The third-order valence-corrected chi connectivity index (χ3v) is 4.83. The Hall–Kier alpha value is -3.08. The highest BCUT2D eigenvalue weighted by Crippen LogP contribution is 2.20. The molecule has 5 heteroatoms. The van der Waals surface area contributed by atoms with Crippen molar-refractivity contribution in [2.45, 2.75) is 26.9 Å². The van der Waals surface area contributed by atoms with Crippen LogP contribution in [0.2, 0.25) is 0 Å². The average molecular weight is 346 g/mol. The van der Waals surface area contributed by atoms with Crippen molar-refractivity contribution in [1.82, 2.24) is 19.4 Å². The number of benzene rings is 2. The van der Waals surface area contributed by atoms with Crippen LogP contribution >= 0.6 is 0 Å². The maximum Gasteiger partial charge on any atom is 0.268 e. The summed E-state index contributed by atoms with van der Waals surface area (Å²) in [6.45, 7) is 6.08. The number of hydrogen-bond acceptors (Lipinski definition) is 2. The Balaban J connectivity index is 1.52. The first-order valence-corrected chi connectivity index (χ1v) is 8.97. The molecule has 4 aromatic rings. The lowest BCUT2D eigenvalue weighted by Gasteiger charge is -2.10. The van der Waals surface area contributed by atoms with E-state index in [9.17, 15) is 4.79 Å². The van der Waals surface area contributed by atoms with Gasteiger partial charge in [0.05, 0.1) is 11.0 Å². The van der Waals surface area contributed by atoms with E-state index >= 15 is 0 Å². The molecule has 0 aliphatic carbocycles. The summed E-state index contributed by atoms with van der Waals surface area (Å²) >= 11 is 0. The van der Waals surface area contributed by atoms with Crippen molar-refractivity contribution in [1.29, 1.82) is 0 Å². The van der Waals surface area contributed by atoms with Gasteiger partial charge in [-0.2, -0.15) is 0 Å². The fourth-order valence-corrected chi connectivity index (χ4v) is 3.59. The van der Waals surface area contributed by atoms with E-state index in [-0.39, 0.29) is 5.91 Å². The summed E-state index contributed by atoms with van der Waals surface area (Å²) in [4.78, 5) is 17.3. The van der Waals surface area contributed by atoms with E-state index < -0.39 is 0 Å². The minimum absolute atomic E-state index is 0.0369. The van der Waals surface area contributed by atoms with Gasteiger partial charge in [0.15, 0.2) is 0 Å². The predicted molar refractivity (Wildman–Crippen MR) is 104 cm³/mol. The molecule has 26 heavy (non-hydrogen) atoms. The highest BCUT2D eigenvalue weighted by atomic mass is 16.1. The number of hydrogen-bond donors (Lipinski definition) is 1. The van der Waals surface area contributed by atoms with Crippen molar-refractivity contribution >= 4 is 27.8 Å². The fourth-order valence-electron chi connectivity index (χ4n) is 3.59. The fraction of sp³-hybridized carbons (Fsp3) is 0.238. The third-order valence-electron chi connectivity index (χ3n) is 4.83. The summed E-state index contributed by atoms with van der Waals surface area (Å²) in [5.41, 5.74) is 3.89. The summed E-state index contributed by atoms with van der Waals surface area (Å²) in [6, 6.07) is 18.1. The Morgan fingerprint density at radius 2 is 1.77 bits per heavy atom. The number of aryl methyl sites for hydroxylation is 2. The smallest absolute Gasteiger partial charge is 0.268 e. The number of carbonyl (C=O) groups excluding carboxylic acids is 1. The van der Waals surface area contributed by atoms with Gasteiger partial charge in [0.1, 0.15) is 11.5 Å². The predicted octanol–water partition coefficient (Wildman–Crippen LogP) is 3.75. The van der Waals surface area contributed by atoms with Crippen LogP contribution in [0, 0.1) is 6.92 Å². The molecule has 0 spiro atoms. The molecular formula is C21H22N4O. The van der Waals surface area contributed by atoms with Gasteiger partial charge in [0.25, 0.3) is 5.91 Å². The minimum Gasteiger partial charge on any atom is -0.349 e. The Bertz CT molecular complexity index is 1090. The van der Waals surface area contributed by atoms with Gasteiger partial charge >= 0.3 is 0 Å². The molecule has 1 N–H and O–H groups in total. The van der Waals surface area contributed by atoms with Crippen LogP contribution in [-0.2, 0) is 13.1 Å². The van der Waals surface area contributed by atoms with Gasteiger partial charge in [-0.3, -0.25) is 4.79 Å². The second-order valence-corrected chi connectivity index (χ2v) is 6.39. The molecule has 0 atom stereocenters. The minimum atomic E-state index is -0.0369. The molecule has 2 aromatic heterocycles. The number of fused-ring (bicyclic) bond motifs is 2. The zero-order chi connectivity index (χ0) is 18.1. The van der Waals surface area contributed by atoms with Crippen molar-refractivity contribution in [2.75, 3.05) is 6.54 Å². The number of rotatable bonds is 5. The van der Waals surface area contributed by atoms with Crippen LogP contribution < -0.4 is 5.32 Å². The van der Waals surface area contributed by atoms with E-state index in [1.165, 1.54) is 0 Å². The lowest BCUT2D eigenvalue weighted by atomic mass is 10.2. The molecule has 0 saturated carbocycles. The largest absolute Gasteiger partial charge is 0.349 e. The topological polar surface area (TPSA) is 51.9 Å². The lowest BCUT2D eigenvalue weighted by Crippen LogP contribution is -2.29. The highest BCUT2D eigenvalue weighted by Gasteiger charge is 2.14. The zero-order valence-electron chi connectivity index (χ0n) is 15.1. The van der Waals surface area contributed by atoms with Crippen LogP contribution in [0.15, 0.2) is 54.6 Å². The Labute approximate surface area is 152 Å². The molecule has 4 rings (SSSR count). The van der Waals surface area contributed by atoms with Crippen LogP contribution in [0.3, 0.4) is 0 Å². The molecule has 132 valence electrons. The third kappa shape index (κ3) is 2.75. The van der Waals surface area contributed by atoms with Crippen molar-refractivity contribution in [3.63, 3.8) is 0 Å². The average Bonchev–Trinajstić information content (AvgIpc) is 3.19. The van der Waals surface area contributed by atoms with Crippen LogP contribution in [0.1, 0.15) is 23.2 Å². The van der Waals surface area contributed by atoms with E-state index in [1.807, 2.05) is 49.4 Å². The van der Waals surface area contributed by atoms with Crippen LogP contribution in [-0.4, -0.2) is 26.6 Å². The summed E-state index contributed by atoms with van der Waals surface area (Å²) in [6.07, 6.45) is 0. The van der Waals surface area contributed by atoms with Crippen molar-refractivity contribution in [3.8, 4) is 0 Å². The molecule has 0 fully saturated rings. The van der Waals surface area contributed by atoms with Gasteiger partial charge in [0, 0.05) is 30.5 Å². The number of nitrogens with one attached hydrogen (secondary N) is 1. The van der Waals surface area contributed by atoms with Crippen molar-refractivity contribution < 1.29 is 4.79 Å². The van der Waals surface area contributed by atoms with Gasteiger partial charge < -0.3 is 14.5 Å². The number of imidazole rings is 1. The number of para-hydroxylation sites is 3. The molecule has 1 amide bonds. The molecule has 0 aliphatic rings. The Kier molecular flexibility index (Phi) is 4.21.